The monoisotopic (exact) mass is 327 g/mol. The second-order valence-electron chi connectivity index (χ2n) is 6.16. The van der Waals surface area contributed by atoms with Crippen LogP contribution in [0.25, 0.3) is 0 Å². The molecule has 0 spiro atoms. The van der Waals surface area contributed by atoms with E-state index in [1.165, 1.54) is 19.2 Å². The molecule has 0 aliphatic carbocycles. The number of aliphatic carboxylic acids is 1. The first kappa shape index (κ1) is 18.7. The minimum Gasteiger partial charge on any atom is -0.496 e. The topological polar surface area (TPSA) is 84.9 Å². The smallest absolute Gasteiger partial charge is 0.408 e. The van der Waals surface area contributed by atoms with Crippen LogP contribution in [-0.2, 0) is 16.0 Å². The molecule has 1 aromatic carbocycles. The molecule has 1 rings (SSSR count). The fourth-order valence-corrected chi connectivity index (χ4v) is 2.11. The van der Waals surface area contributed by atoms with Gasteiger partial charge >= 0.3 is 12.1 Å². The molecule has 7 heteroatoms. The zero-order valence-corrected chi connectivity index (χ0v) is 13.9. The van der Waals surface area contributed by atoms with Crippen molar-refractivity contribution in [3.8, 4) is 5.75 Å². The molecule has 0 aliphatic heterocycles. The number of ether oxygens (including phenoxy) is 2. The van der Waals surface area contributed by atoms with Gasteiger partial charge in [-0.15, -0.1) is 0 Å². The Bertz CT molecular complexity index is 595. The minimum absolute atomic E-state index is 0.129. The number of carbonyl (C=O) groups is 2. The normalized spacial score (nSPS) is 12.4. The van der Waals surface area contributed by atoms with E-state index in [1.54, 1.807) is 27.7 Å². The van der Waals surface area contributed by atoms with Gasteiger partial charge in [-0.3, -0.25) is 0 Å². The molecule has 0 aromatic heterocycles. The van der Waals surface area contributed by atoms with E-state index >= 15 is 0 Å². The molecule has 2 N–H and O–H groups in total. The van der Waals surface area contributed by atoms with Crippen LogP contribution in [0.2, 0.25) is 0 Å². The van der Waals surface area contributed by atoms with Gasteiger partial charge in [0.2, 0.25) is 0 Å². The number of hydrogen-bond acceptors (Lipinski definition) is 4. The number of benzene rings is 1. The first-order chi connectivity index (χ1) is 10.5. The quantitative estimate of drug-likeness (QED) is 0.868. The minimum atomic E-state index is -1.26. The Morgan fingerprint density at radius 3 is 2.43 bits per heavy atom. The lowest BCUT2D eigenvalue weighted by Gasteiger charge is -2.22. The number of methoxy groups -OCH3 is 1. The molecule has 0 heterocycles. The Hall–Kier alpha value is -2.31. The SMILES string of the molecule is COc1c(C)cc(F)cc1CC(NC(=O)OC(C)(C)C)C(=O)O. The summed E-state index contributed by atoms with van der Waals surface area (Å²) in [5, 5.41) is 11.6. The predicted molar refractivity (Wildman–Crippen MR) is 82.2 cm³/mol. The third kappa shape index (κ3) is 5.77. The zero-order chi connectivity index (χ0) is 17.8. The maximum atomic E-state index is 13.6. The van der Waals surface area contributed by atoms with E-state index in [-0.39, 0.29) is 6.42 Å². The summed E-state index contributed by atoms with van der Waals surface area (Å²) in [7, 11) is 1.42. The highest BCUT2D eigenvalue weighted by atomic mass is 19.1. The van der Waals surface area contributed by atoms with Crippen LogP contribution in [0.1, 0.15) is 31.9 Å². The van der Waals surface area contributed by atoms with Gasteiger partial charge in [0, 0.05) is 6.42 Å². The number of halogens is 1. The largest absolute Gasteiger partial charge is 0.496 e. The molecule has 0 saturated carbocycles. The summed E-state index contributed by atoms with van der Waals surface area (Å²) in [6.45, 7) is 6.66. The molecule has 0 aliphatic rings. The second kappa shape index (κ2) is 7.30. The van der Waals surface area contributed by atoms with E-state index in [1.807, 2.05) is 0 Å². The van der Waals surface area contributed by atoms with Crippen LogP contribution in [0.3, 0.4) is 0 Å². The number of aryl methyl sites for hydroxylation is 1. The molecule has 6 nitrogen and oxygen atoms in total. The Balaban J connectivity index is 2.97. The first-order valence-corrected chi connectivity index (χ1v) is 7.09. The van der Waals surface area contributed by atoms with E-state index in [2.05, 4.69) is 5.32 Å². The standard InChI is InChI=1S/C16H22FNO5/c1-9-6-11(17)7-10(13(9)22-5)8-12(14(19)20)18-15(21)23-16(2,3)4/h6-7,12H,8H2,1-5H3,(H,18,21)(H,19,20). The van der Waals surface area contributed by atoms with Crippen molar-refractivity contribution in [2.45, 2.75) is 45.8 Å². The lowest BCUT2D eigenvalue weighted by atomic mass is 10.0. The van der Waals surface area contributed by atoms with Gasteiger partial charge in [-0.05, 0) is 51.0 Å². The highest BCUT2D eigenvalue weighted by molar-refractivity contribution is 5.80. The summed E-state index contributed by atoms with van der Waals surface area (Å²) in [5.41, 5.74) is 0.151. The van der Waals surface area contributed by atoms with Crippen molar-refractivity contribution in [1.82, 2.24) is 5.32 Å². The number of carboxylic acids is 1. The molecule has 0 bridgehead atoms. The molecule has 1 amide bonds. The van der Waals surface area contributed by atoms with Gasteiger partial charge < -0.3 is 19.9 Å². The molecule has 1 atom stereocenters. The van der Waals surface area contributed by atoms with E-state index in [0.717, 1.165) is 0 Å². The Kier molecular flexibility index (Phi) is 5.95. The van der Waals surface area contributed by atoms with Crippen LogP contribution in [0.4, 0.5) is 9.18 Å². The number of nitrogens with one attached hydrogen (secondary N) is 1. The summed E-state index contributed by atoms with van der Waals surface area (Å²) in [4.78, 5) is 23.1. The van der Waals surface area contributed by atoms with Crippen LogP contribution in [0.5, 0.6) is 5.75 Å². The van der Waals surface area contributed by atoms with Crippen molar-refractivity contribution in [3.63, 3.8) is 0 Å². The molecule has 1 aromatic rings. The molecule has 0 radical (unpaired) electrons. The molecule has 128 valence electrons. The predicted octanol–water partition coefficient (Wildman–Crippen LogP) is 2.66. The third-order valence-electron chi connectivity index (χ3n) is 2.93. The van der Waals surface area contributed by atoms with E-state index in [0.29, 0.717) is 16.9 Å². The number of carbonyl (C=O) groups excluding carboxylic acids is 1. The number of alkyl carbamates (subject to hydrolysis) is 1. The van der Waals surface area contributed by atoms with Gasteiger partial charge in [-0.2, -0.15) is 0 Å². The maximum Gasteiger partial charge on any atom is 0.408 e. The second-order valence-corrected chi connectivity index (χ2v) is 6.16. The van der Waals surface area contributed by atoms with Crippen LogP contribution in [-0.4, -0.2) is 35.9 Å². The fraction of sp³-hybridized carbons (Fsp3) is 0.500. The van der Waals surface area contributed by atoms with E-state index < -0.39 is 29.5 Å². The number of carboxylic acid groups (broad SMARTS) is 1. The van der Waals surface area contributed by atoms with Crippen LogP contribution in [0.15, 0.2) is 12.1 Å². The van der Waals surface area contributed by atoms with Crippen molar-refractivity contribution in [2.24, 2.45) is 0 Å². The highest BCUT2D eigenvalue weighted by Crippen LogP contribution is 2.26. The van der Waals surface area contributed by atoms with E-state index in [4.69, 9.17) is 9.47 Å². The maximum absolute atomic E-state index is 13.6. The van der Waals surface area contributed by atoms with Crippen LogP contribution in [0, 0.1) is 12.7 Å². The summed E-state index contributed by atoms with van der Waals surface area (Å²) in [6, 6.07) is 1.22. The molecular weight excluding hydrogens is 305 g/mol. The van der Waals surface area contributed by atoms with Crippen molar-refractivity contribution in [2.75, 3.05) is 7.11 Å². The van der Waals surface area contributed by atoms with Crippen molar-refractivity contribution in [1.29, 1.82) is 0 Å². The molecule has 1 unspecified atom stereocenters. The average Bonchev–Trinajstić information content (AvgIpc) is 2.34. The van der Waals surface area contributed by atoms with Gasteiger partial charge in [0.1, 0.15) is 23.2 Å². The number of hydrogen-bond donors (Lipinski definition) is 2. The summed E-state index contributed by atoms with van der Waals surface area (Å²) >= 11 is 0. The third-order valence-corrected chi connectivity index (χ3v) is 2.93. The Morgan fingerprint density at radius 1 is 1.35 bits per heavy atom. The van der Waals surface area contributed by atoms with E-state index in [9.17, 15) is 19.1 Å². The highest BCUT2D eigenvalue weighted by Gasteiger charge is 2.26. The Labute approximate surface area is 134 Å². The molecule has 0 saturated heterocycles. The lowest BCUT2D eigenvalue weighted by molar-refractivity contribution is -0.139. The van der Waals surface area contributed by atoms with Gasteiger partial charge in [-0.25, -0.2) is 14.0 Å². The summed E-state index contributed by atoms with van der Waals surface area (Å²) in [5.74, 6) is -1.36. The van der Waals surface area contributed by atoms with Crippen molar-refractivity contribution in [3.05, 3.63) is 29.1 Å². The fourth-order valence-electron chi connectivity index (χ4n) is 2.11. The molecular formula is C16H22FNO5. The van der Waals surface area contributed by atoms with Crippen LogP contribution >= 0.6 is 0 Å². The number of amides is 1. The van der Waals surface area contributed by atoms with Crippen molar-refractivity contribution < 1.29 is 28.6 Å². The number of rotatable bonds is 5. The summed E-state index contributed by atoms with van der Waals surface area (Å²) < 4.78 is 23.8. The molecule has 0 fully saturated rings. The average molecular weight is 327 g/mol. The first-order valence-electron chi connectivity index (χ1n) is 7.09. The van der Waals surface area contributed by atoms with Gasteiger partial charge in [0.15, 0.2) is 0 Å². The Morgan fingerprint density at radius 2 is 1.96 bits per heavy atom. The zero-order valence-electron chi connectivity index (χ0n) is 13.9. The molecule has 23 heavy (non-hydrogen) atoms. The van der Waals surface area contributed by atoms with Gasteiger partial charge in [-0.1, -0.05) is 0 Å². The summed E-state index contributed by atoms with van der Waals surface area (Å²) in [6.07, 6.45) is -0.979. The van der Waals surface area contributed by atoms with Crippen LogP contribution < -0.4 is 10.1 Å². The van der Waals surface area contributed by atoms with Gasteiger partial charge in [0.25, 0.3) is 0 Å². The van der Waals surface area contributed by atoms with Crippen molar-refractivity contribution >= 4 is 12.1 Å². The van der Waals surface area contributed by atoms with Gasteiger partial charge in [0.05, 0.1) is 7.11 Å². The lowest BCUT2D eigenvalue weighted by Crippen LogP contribution is -2.44.